The van der Waals surface area contributed by atoms with Crippen LogP contribution in [-0.4, -0.2) is 8.42 Å². The van der Waals surface area contributed by atoms with E-state index in [1.807, 2.05) is 91.0 Å². The Bertz CT molecular complexity index is 819. The SMILES string of the molecule is C=CS(=O)(=O)C(c1ccccc1)(c1ccccc1)c1ccccc1. The van der Waals surface area contributed by atoms with Crippen LogP contribution in [0.25, 0.3) is 0 Å². The van der Waals surface area contributed by atoms with Gasteiger partial charge in [-0.05, 0) is 16.7 Å². The molecule has 0 radical (unpaired) electrons. The summed E-state index contributed by atoms with van der Waals surface area (Å²) in [6, 6.07) is 27.9. The molecule has 0 aliphatic rings. The smallest absolute Gasteiger partial charge is 0.189 e. The highest BCUT2D eigenvalue weighted by Crippen LogP contribution is 2.44. The number of rotatable bonds is 5. The fourth-order valence-corrected chi connectivity index (χ4v) is 4.78. The van der Waals surface area contributed by atoms with Crippen LogP contribution in [0.4, 0.5) is 0 Å². The molecule has 3 heteroatoms. The van der Waals surface area contributed by atoms with Crippen molar-refractivity contribution >= 4 is 9.84 Å². The van der Waals surface area contributed by atoms with E-state index in [0.717, 1.165) is 5.41 Å². The molecular weight excluding hydrogens is 316 g/mol. The fourth-order valence-electron chi connectivity index (χ4n) is 3.14. The lowest BCUT2D eigenvalue weighted by atomic mass is 9.84. The van der Waals surface area contributed by atoms with Gasteiger partial charge in [-0.3, -0.25) is 0 Å². The Kier molecular flexibility index (Phi) is 4.36. The molecule has 24 heavy (non-hydrogen) atoms. The molecule has 0 aliphatic carbocycles. The first-order chi connectivity index (χ1) is 11.6. The molecule has 0 fully saturated rings. The average molecular weight is 334 g/mol. The third-order valence-corrected chi connectivity index (χ3v) is 6.19. The molecule has 2 nitrogen and oxygen atoms in total. The minimum atomic E-state index is -3.72. The van der Waals surface area contributed by atoms with Gasteiger partial charge in [0, 0.05) is 5.41 Å². The predicted octanol–water partition coefficient (Wildman–Crippen LogP) is 4.54. The highest BCUT2D eigenvalue weighted by Gasteiger charge is 2.46. The van der Waals surface area contributed by atoms with E-state index in [9.17, 15) is 8.42 Å². The average Bonchev–Trinajstić information content (AvgIpc) is 2.65. The molecule has 0 spiro atoms. The summed E-state index contributed by atoms with van der Waals surface area (Å²) in [5, 5.41) is 1.06. The fraction of sp³-hybridized carbons (Fsp3) is 0.0476. The molecule has 0 heterocycles. The van der Waals surface area contributed by atoms with Crippen LogP contribution >= 0.6 is 0 Å². The van der Waals surface area contributed by atoms with Gasteiger partial charge in [0.2, 0.25) is 0 Å². The topological polar surface area (TPSA) is 34.1 Å². The van der Waals surface area contributed by atoms with Gasteiger partial charge in [-0.15, -0.1) is 0 Å². The summed E-state index contributed by atoms with van der Waals surface area (Å²) < 4.78 is 25.3. The first-order valence-corrected chi connectivity index (χ1v) is 9.21. The molecule has 0 unspecified atom stereocenters. The van der Waals surface area contributed by atoms with E-state index < -0.39 is 14.6 Å². The predicted molar refractivity (Wildman–Crippen MR) is 98.3 cm³/mol. The maximum Gasteiger partial charge on any atom is 0.189 e. The quantitative estimate of drug-likeness (QED) is 0.642. The van der Waals surface area contributed by atoms with E-state index in [0.29, 0.717) is 16.7 Å². The molecule has 3 aromatic carbocycles. The van der Waals surface area contributed by atoms with Gasteiger partial charge in [0.05, 0.1) is 0 Å². The standard InChI is InChI=1S/C21H18O2S/c1-2-24(22,23)21(18-12-6-3-7-13-18,19-14-8-4-9-15-19)20-16-10-5-11-17-20/h2-17H,1H2. The molecule has 0 saturated carbocycles. The van der Waals surface area contributed by atoms with Crippen molar-refractivity contribution in [2.45, 2.75) is 4.75 Å². The van der Waals surface area contributed by atoms with Gasteiger partial charge in [0.25, 0.3) is 0 Å². The van der Waals surface area contributed by atoms with Crippen LogP contribution in [0.5, 0.6) is 0 Å². The lowest BCUT2D eigenvalue weighted by Crippen LogP contribution is -2.37. The third-order valence-electron chi connectivity index (χ3n) is 4.19. The monoisotopic (exact) mass is 334 g/mol. The second kappa shape index (κ2) is 6.46. The van der Waals surface area contributed by atoms with E-state index in [1.54, 1.807) is 0 Å². The Morgan fingerprint density at radius 2 is 0.917 bits per heavy atom. The molecule has 0 bridgehead atoms. The molecule has 0 aromatic heterocycles. The van der Waals surface area contributed by atoms with Crippen LogP contribution in [0.15, 0.2) is 103 Å². The number of hydrogen-bond donors (Lipinski definition) is 0. The minimum Gasteiger partial charge on any atom is -0.223 e. The van der Waals surface area contributed by atoms with Crippen LogP contribution in [0.1, 0.15) is 16.7 Å². The van der Waals surface area contributed by atoms with Gasteiger partial charge in [-0.2, -0.15) is 0 Å². The zero-order valence-electron chi connectivity index (χ0n) is 13.2. The highest BCUT2D eigenvalue weighted by molar-refractivity contribution is 7.95. The van der Waals surface area contributed by atoms with Crippen molar-refractivity contribution in [1.29, 1.82) is 0 Å². The molecular formula is C21H18O2S. The molecule has 0 N–H and O–H groups in total. The summed E-state index contributed by atoms with van der Waals surface area (Å²) in [5.41, 5.74) is 2.09. The summed E-state index contributed by atoms with van der Waals surface area (Å²) >= 11 is 0. The van der Waals surface area contributed by atoms with Crippen molar-refractivity contribution in [3.05, 3.63) is 120 Å². The zero-order chi connectivity index (χ0) is 17.0. The first-order valence-electron chi connectivity index (χ1n) is 7.66. The first kappa shape index (κ1) is 16.2. The lowest BCUT2D eigenvalue weighted by Gasteiger charge is -2.34. The summed E-state index contributed by atoms with van der Waals surface area (Å²) in [5.74, 6) is 0. The molecule has 0 amide bonds. The maximum absolute atomic E-state index is 13.3. The van der Waals surface area contributed by atoms with Crippen LogP contribution < -0.4 is 0 Å². The van der Waals surface area contributed by atoms with E-state index >= 15 is 0 Å². The van der Waals surface area contributed by atoms with E-state index in [1.165, 1.54) is 0 Å². The van der Waals surface area contributed by atoms with Gasteiger partial charge in [0.1, 0.15) is 0 Å². The van der Waals surface area contributed by atoms with Crippen LogP contribution in [0.3, 0.4) is 0 Å². The number of hydrogen-bond acceptors (Lipinski definition) is 2. The summed E-state index contributed by atoms with van der Waals surface area (Å²) in [6.45, 7) is 3.59. The second-order valence-electron chi connectivity index (χ2n) is 5.49. The van der Waals surface area contributed by atoms with Crippen molar-refractivity contribution in [2.24, 2.45) is 0 Å². The van der Waals surface area contributed by atoms with Gasteiger partial charge in [-0.1, -0.05) is 97.6 Å². The largest absolute Gasteiger partial charge is 0.223 e. The number of sulfone groups is 1. The minimum absolute atomic E-state index is 0.697. The molecule has 0 atom stereocenters. The normalized spacial score (nSPS) is 11.8. The van der Waals surface area contributed by atoms with Gasteiger partial charge < -0.3 is 0 Å². The van der Waals surface area contributed by atoms with Crippen molar-refractivity contribution in [3.63, 3.8) is 0 Å². The highest BCUT2D eigenvalue weighted by atomic mass is 32.2. The van der Waals surface area contributed by atoms with Crippen LogP contribution in [0.2, 0.25) is 0 Å². The van der Waals surface area contributed by atoms with Crippen molar-refractivity contribution in [3.8, 4) is 0 Å². The van der Waals surface area contributed by atoms with E-state index in [2.05, 4.69) is 6.58 Å². The second-order valence-corrected chi connectivity index (χ2v) is 7.53. The van der Waals surface area contributed by atoms with Crippen molar-refractivity contribution < 1.29 is 8.42 Å². The lowest BCUT2D eigenvalue weighted by molar-refractivity contribution is 0.582. The van der Waals surface area contributed by atoms with Crippen LogP contribution in [0, 0.1) is 0 Å². The van der Waals surface area contributed by atoms with Gasteiger partial charge in [-0.25, -0.2) is 8.42 Å². The van der Waals surface area contributed by atoms with E-state index in [4.69, 9.17) is 0 Å². The third kappa shape index (κ3) is 2.47. The summed E-state index contributed by atoms with van der Waals surface area (Å²) in [6.07, 6.45) is 0. The van der Waals surface area contributed by atoms with Crippen molar-refractivity contribution in [1.82, 2.24) is 0 Å². The Morgan fingerprint density at radius 1 is 0.625 bits per heavy atom. The molecule has 0 aliphatic heterocycles. The Labute approximate surface area is 143 Å². The van der Waals surface area contributed by atoms with Gasteiger partial charge >= 0.3 is 0 Å². The number of benzene rings is 3. The van der Waals surface area contributed by atoms with Gasteiger partial charge in [0.15, 0.2) is 14.6 Å². The molecule has 0 saturated heterocycles. The van der Waals surface area contributed by atoms with Crippen LogP contribution in [-0.2, 0) is 14.6 Å². The molecule has 120 valence electrons. The Balaban J connectivity index is 2.50. The van der Waals surface area contributed by atoms with E-state index in [-0.39, 0.29) is 0 Å². The summed E-state index contributed by atoms with van der Waals surface area (Å²) in [7, 11) is -3.72. The maximum atomic E-state index is 13.3. The summed E-state index contributed by atoms with van der Waals surface area (Å²) in [4.78, 5) is 0. The van der Waals surface area contributed by atoms with Crippen molar-refractivity contribution in [2.75, 3.05) is 0 Å². The molecule has 3 rings (SSSR count). The Hall–Kier alpha value is -2.65. The molecule has 3 aromatic rings. The zero-order valence-corrected chi connectivity index (χ0v) is 14.0. The Morgan fingerprint density at radius 3 is 1.17 bits per heavy atom.